The highest BCUT2D eigenvalue weighted by atomic mass is 16.3. The van der Waals surface area contributed by atoms with Crippen molar-refractivity contribution in [1.29, 1.82) is 0 Å². The summed E-state index contributed by atoms with van der Waals surface area (Å²) in [5.74, 6) is 0. The highest BCUT2D eigenvalue weighted by Gasteiger charge is 2.25. The predicted molar refractivity (Wildman–Crippen MR) is 81.3 cm³/mol. The number of unbranched alkanes of at least 4 members (excludes halogenated alkanes) is 1. The van der Waals surface area contributed by atoms with Gasteiger partial charge in [0.15, 0.2) is 0 Å². The summed E-state index contributed by atoms with van der Waals surface area (Å²) in [7, 11) is 0. The minimum absolute atomic E-state index is 0.298. The number of piperazine rings is 1. The van der Waals surface area contributed by atoms with Crippen molar-refractivity contribution in [2.24, 2.45) is 5.73 Å². The molecule has 1 rings (SSSR count). The summed E-state index contributed by atoms with van der Waals surface area (Å²) in [5.41, 5.74) is 5.14. The number of nitrogens with zero attached hydrogens (tertiary/aromatic N) is 2. The third-order valence-electron chi connectivity index (χ3n) is 4.20. The molecule has 0 spiro atoms. The van der Waals surface area contributed by atoms with E-state index in [4.69, 9.17) is 5.73 Å². The zero-order chi connectivity index (χ0) is 14.5. The fourth-order valence-corrected chi connectivity index (χ4v) is 2.59. The van der Waals surface area contributed by atoms with Crippen LogP contribution in [0.1, 0.15) is 47.0 Å². The highest BCUT2D eigenvalue weighted by Crippen LogP contribution is 2.17. The van der Waals surface area contributed by atoms with E-state index in [9.17, 15) is 5.11 Å². The summed E-state index contributed by atoms with van der Waals surface area (Å²) in [6.07, 6.45) is 3.03. The van der Waals surface area contributed by atoms with Crippen LogP contribution in [0.2, 0.25) is 0 Å². The molecule has 1 aliphatic rings. The molecule has 114 valence electrons. The van der Waals surface area contributed by atoms with E-state index >= 15 is 0 Å². The Morgan fingerprint density at radius 2 is 1.58 bits per heavy atom. The van der Waals surface area contributed by atoms with E-state index in [2.05, 4.69) is 30.6 Å². The van der Waals surface area contributed by atoms with Gasteiger partial charge in [0.1, 0.15) is 0 Å². The fourth-order valence-electron chi connectivity index (χ4n) is 2.59. The molecule has 4 heteroatoms. The quantitative estimate of drug-likeness (QED) is 0.715. The molecule has 0 aromatic heterocycles. The molecule has 19 heavy (non-hydrogen) atoms. The molecule has 0 radical (unpaired) electrons. The molecule has 0 aromatic rings. The first-order valence-electron chi connectivity index (χ1n) is 7.64. The van der Waals surface area contributed by atoms with Crippen molar-refractivity contribution in [1.82, 2.24) is 9.80 Å². The van der Waals surface area contributed by atoms with Crippen LogP contribution in [0.25, 0.3) is 0 Å². The van der Waals surface area contributed by atoms with E-state index in [0.29, 0.717) is 12.1 Å². The van der Waals surface area contributed by atoms with Crippen molar-refractivity contribution >= 4 is 0 Å². The maximum atomic E-state index is 9.84. The summed E-state index contributed by atoms with van der Waals surface area (Å²) in [5, 5.41) is 9.84. The Kier molecular flexibility index (Phi) is 6.24. The first-order chi connectivity index (χ1) is 8.74. The summed E-state index contributed by atoms with van der Waals surface area (Å²) in [4.78, 5) is 5.10. The molecule has 1 atom stereocenters. The minimum Gasteiger partial charge on any atom is -0.389 e. The number of hydrogen-bond donors (Lipinski definition) is 2. The Labute approximate surface area is 118 Å². The topological polar surface area (TPSA) is 52.7 Å². The van der Waals surface area contributed by atoms with E-state index in [-0.39, 0.29) is 0 Å². The van der Waals surface area contributed by atoms with E-state index in [1.807, 2.05) is 6.92 Å². The maximum absolute atomic E-state index is 9.84. The van der Waals surface area contributed by atoms with Gasteiger partial charge in [-0.3, -0.25) is 4.90 Å². The first-order valence-corrected chi connectivity index (χ1v) is 7.64. The summed E-state index contributed by atoms with van der Waals surface area (Å²) in [6.45, 7) is 14.9. The van der Waals surface area contributed by atoms with Crippen LogP contribution < -0.4 is 5.73 Å². The van der Waals surface area contributed by atoms with Crippen molar-refractivity contribution in [2.45, 2.75) is 58.1 Å². The van der Waals surface area contributed by atoms with Crippen LogP contribution in [0, 0.1) is 0 Å². The average molecular weight is 271 g/mol. The molecule has 0 saturated carbocycles. The van der Waals surface area contributed by atoms with E-state index in [1.54, 1.807) is 0 Å². The zero-order valence-corrected chi connectivity index (χ0v) is 13.3. The Hall–Kier alpha value is -0.160. The lowest BCUT2D eigenvalue weighted by atomic mass is 9.99. The van der Waals surface area contributed by atoms with Crippen LogP contribution >= 0.6 is 0 Å². The van der Waals surface area contributed by atoms with Gasteiger partial charge in [0, 0.05) is 38.3 Å². The van der Waals surface area contributed by atoms with Crippen LogP contribution in [0.5, 0.6) is 0 Å². The molecule has 0 aromatic carbocycles. The lowest BCUT2D eigenvalue weighted by Crippen LogP contribution is -2.53. The van der Waals surface area contributed by atoms with Crippen molar-refractivity contribution in [3.05, 3.63) is 0 Å². The van der Waals surface area contributed by atoms with Crippen LogP contribution in [-0.4, -0.2) is 65.3 Å². The van der Waals surface area contributed by atoms with Gasteiger partial charge in [0.2, 0.25) is 0 Å². The first kappa shape index (κ1) is 16.9. The Morgan fingerprint density at radius 3 is 2.05 bits per heavy atom. The lowest BCUT2D eigenvalue weighted by Gasteiger charge is -2.42. The van der Waals surface area contributed by atoms with Gasteiger partial charge in [0.05, 0.1) is 5.60 Å². The molecular weight excluding hydrogens is 238 g/mol. The Morgan fingerprint density at radius 1 is 1.00 bits per heavy atom. The second-order valence-corrected chi connectivity index (χ2v) is 7.16. The number of hydrogen-bond acceptors (Lipinski definition) is 4. The van der Waals surface area contributed by atoms with E-state index < -0.39 is 5.60 Å². The minimum atomic E-state index is -0.676. The van der Waals surface area contributed by atoms with E-state index in [0.717, 1.165) is 25.8 Å². The molecule has 1 aliphatic heterocycles. The average Bonchev–Trinajstić information content (AvgIpc) is 2.34. The molecule has 0 aliphatic carbocycles. The molecule has 0 amide bonds. The van der Waals surface area contributed by atoms with Gasteiger partial charge < -0.3 is 15.7 Å². The summed E-state index contributed by atoms with van der Waals surface area (Å²) >= 11 is 0. The fraction of sp³-hybridized carbons (Fsp3) is 1.00. The van der Waals surface area contributed by atoms with Crippen LogP contribution in [0.15, 0.2) is 0 Å². The van der Waals surface area contributed by atoms with Crippen molar-refractivity contribution < 1.29 is 5.11 Å². The van der Waals surface area contributed by atoms with Crippen LogP contribution in [-0.2, 0) is 0 Å². The maximum Gasteiger partial charge on any atom is 0.0741 e. The molecule has 1 unspecified atom stereocenters. The molecule has 1 saturated heterocycles. The van der Waals surface area contributed by atoms with Crippen molar-refractivity contribution in [3.63, 3.8) is 0 Å². The van der Waals surface area contributed by atoms with Crippen LogP contribution in [0.3, 0.4) is 0 Å². The number of aliphatic hydroxyl groups is 1. The normalized spacial score (nSPS) is 22.4. The van der Waals surface area contributed by atoms with E-state index in [1.165, 1.54) is 26.2 Å². The van der Waals surface area contributed by atoms with Gasteiger partial charge in [-0.25, -0.2) is 0 Å². The second-order valence-electron chi connectivity index (χ2n) is 7.16. The summed E-state index contributed by atoms with van der Waals surface area (Å²) in [6, 6.07) is 0. The van der Waals surface area contributed by atoms with Gasteiger partial charge in [0.25, 0.3) is 0 Å². The smallest absolute Gasteiger partial charge is 0.0741 e. The van der Waals surface area contributed by atoms with Crippen molar-refractivity contribution in [2.75, 3.05) is 39.3 Å². The van der Waals surface area contributed by atoms with Gasteiger partial charge >= 0.3 is 0 Å². The second kappa shape index (κ2) is 7.02. The number of nitrogens with two attached hydrogens (primary N) is 1. The Bertz CT molecular complexity index is 253. The van der Waals surface area contributed by atoms with Gasteiger partial charge in [-0.2, -0.15) is 0 Å². The molecular formula is C15H33N3O. The van der Waals surface area contributed by atoms with Crippen LogP contribution in [0.4, 0.5) is 0 Å². The molecule has 1 fully saturated rings. The Balaban J connectivity index is 2.14. The predicted octanol–water partition coefficient (Wildman–Crippen LogP) is 1.28. The van der Waals surface area contributed by atoms with Gasteiger partial charge in [-0.05, 0) is 53.5 Å². The largest absolute Gasteiger partial charge is 0.389 e. The number of rotatable bonds is 6. The monoisotopic (exact) mass is 271 g/mol. The molecule has 1 heterocycles. The lowest BCUT2D eigenvalue weighted by molar-refractivity contribution is 0.0496. The zero-order valence-electron chi connectivity index (χ0n) is 13.3. The molecule has 3 N–H and O–H groups in total. The van der Waals surface area contributed by atoms with Gasteiger partial charge in [-0.1, -0.05) is 0 Å². The third kappa shape index (κ3) is 6.21. The molecule has 0 bridgehead atoms. The standard InChI is InChI=1S/C15H33N3O/c1-14(2,3)18-11-9-17(10-12-18)8-6-5-7-15(4,19)13-16/h19H,5-13,16H2,1-4H3. The van der Waals surface area contributed by atoms with Gasteiger partial charge in [-0.15, -0.1) is 0 Å². The highest BCUT2D eigenvalue weighted by molar-refractivity contribution is 4.82. The van der Waals surface area contributed by atoms with Crippen molar-refractivity contribution in [3.8, 4) is 0 Å². The molecule has 4 nitrogen and oxygen atoms in total. The summed E-state index contributed by atoms with van der Waals surface area (Å²) < 4.78 is 0. The SMILES string of the molecule is CC(O)(CN)CCCCN1CCN(C(C)(C)C)CC1. The third-order valence-corrected chi connectivity index (χ3v) is 4.20.